The molecule has 1 atom stereocenters. The molecule has 1 heterocycles. The average Bonchev–Trinajstić information content (AvgIpc) is 3.13. The number of nitrogens with one attached hydrogen (secondary N) is 1. The van der Waals surface area contributed by atoms with Crippen molar-refractivity contribution in [3.05, 3.63) is 71.4 Å². The first-order valence-corrected chi connectivity index (χ1v) is 8.67. The number of rotatable bonds is 5. The van der Waals surface area contributed by atoms with Gasteiger partial charge in [-0.2, -0.15) is 5.10 Å². The van der Waals surface area contributed by atoms with Crippen molar-refractivity contribution in [2.75, 3.05) is 7.11 Å². The summed E-state index contributed by atoms with van der Waals surface area (Å²) in [5.41, 5.74) is 2.36. The second kappa shape index (κ2) is 8.05. The van der Waals surface area contributed by atoms with Crippen LogP contribution in [0.25, 0.3) is 16.9 Å². The van der Waals surface area contributed by atoms with Gasteiger partial charge >= 0.3 is 5.97 Å². The Balaban J connectivity index is 2.09. The second-order valence-corrected chi connectivity index (χ2v) is 6.26. The summed E-state index contributed by atoms with van der Waals surface area (Å²) in [4.78, 5) is 24.4. The lowest BCUT2D eigenvalue weighted by Crippen LogP contribution is -2.39. The number of amides is 1. The summed E-state index contributed by atoms with van der Waals surface area (Å²) in [5.74, 6) is -0.951. The Morgan fingerprint density at radius 2 is 1.78 bits per heavy atom. The monoisotopic (exact) mass is 383 g/mol. The number of aromatic nitrogens is 2. The molecule has 1 amide bonds. The van der Waals surface area contributed by atoms with Crippen LogP contribution in [-0.2, 0) is 9.53 Å². The Bertz CT molecular complexity index is 970. The summed E-state index contributed by atoms with van der Waals surface area (Å²) in [5, 5.41) is 7.52. The topological polar surface area (TPSA) is 73.2 Å². The van der Waals surface area contributed by atoms with Crippen molar-refractivity contribution in [1.29, 1.82) is 0 Å². The number of para-hydroxylation sites is 1. The molecule has 0 aliphatic heterocycles. The third-order valence-electron chi connectivity index (χ3n) is 4.04. The molecule has 0 saturated carbocycles. The minimum Gasteiger partial charge on any atom is -0.467 e. The standard InChI is InChI=1S/C20H18ClN3O3/c1-13(20(26)27-2)23-19(25)15-12-22-24(17-11-7-6-10-16(17)21)18(15)14-8-4-3-5-9-14/h3-13H,1-2H3,(H,23,25)/t13-/m0/s1. The van der Waals surface area contributed by atoms with Gasteiger partial charge in [-0.3, -0.25) is 4.79 Å². The van der Waals surface area contributed by atoms with Gasteiger partial charge in [-0.15, -0.1) is 0 Å². The van der Waals surface area contributed by atoms with Crippen LogP contribution in [0, 0.1) is 0 Å². The normalized spacial score (nSPS) is 11.7. The van der Waals surface area contributed by atoms with Crippen LogP contribution in [0.15, 0.2) is 60.8 Å². The van der Waals surface area contributed by atoms with Gasteiger partial charge in [-0.05, 0) is 19.1 Å². The van der Waals surface area contributed by atoms with E-state index in [1.54, 1.807) is 17.7 Å². The molecule has 0 saturated heterocycles. The molecule has 6 nitrogen and oxygen atoms in total. The highest BCUT2D eigenvalue weighted by molar-refractivity contribution is 6.32. The maximum absolute atomic E-state index is 12.8. The molecule has 2 aromatic carbocycles. The number of esters is 1. The SMILES string of the molecule is COC(=O)[C@H](C)NC(=O)c1cnn(-c2ccccc2Cl)c1-c1ccccc1. The van der Waals surface area contributed by atoms with E-state index in [0.29, 0.717) is 22.0 Å². The van der Waals surface area contributed by atoms with Crippen molar-refractivity contribution in [1.82, 2.24) is 15.1 Å². The first kappa shape index (κ1) is 18.7. The minimum atomic E-state index is -0.783. The average molecular weight is 384 g/mol. The molecule has 7 heteroatoms. The van der Waals surface area contributed by atoms with E-state index in [1.807, 2.05) is 48.5 Å². The zero-order valence-electron chi connectivity index (χ0n) is 14.8. The number of hydrogen-bond donors (Lipinski definition) is 1. The van der Waals surface area contributed by atoms with Gasteiger partial charge in [0.05, 0.1) is 35.3 Å². The van der Waals surface area contributed by atoms with Crippen molar-refractivity contribution in [3.63, 3.8) is 0 Å². The lowest BCUT2D eigenvalue weighted by molar-refractivity contribution is -0.142. The quantitative estimate of drug-likeness (QED) is 0.684. The van der Waals surface area contributed by atoms with Crippen LogP contribution >= 0.6 is 11.6 Å². The molecule has 0 bridgehead atoms. The number of nitrogens with zero attached hydrogens (tertiary/aromatic N) is 2. The van der Waals surface area contributed by atoms with Gasteiger partial charge in [0.25, 0.3) is 5.91 Å². The molecule has 0 unspecified atom stereocenters. The molecule has 0 aliphatic carbocycles. The predicted octanol–water partition coefficient (Wildman–Crippen LogP) is 3.48. The summed E-state index contributed by atoms with van der Waals surface area (Å²) in [6.45, 7) is 1.56. The first-order valence-electron chi connectivity index (χ1n) is 8.30. The number of hydrogen-bond acceptors (Lipinski definition) is 4. The summed E-state index contributed by atoms with van der Waals surface area (Å²) in [6, 6.07) is 15.9. The van der Waals surface area contributed by atoms with Gasteiger partial charge in [0.15, 0.2) is 0 Å². The Kier molecular flexibility index (Phi) is 5.57. The molecule has 0 aliphatic rings. The molecule has 0 radical (unpaired) electrons. The van der Waals surface area contributed by atoms with Gasteiger partial charge in [-0.1, -0.05) is 54.1 Å². The fraction of sp³-hybridized carbons (Fsp3) is 0.150. The van der Waals surface area contributed by atoms with Gasteiger partial charge < -0.3 is 10.1 Å². The molecule has 0 fully saturated rings. The van der Waals surface area contributed by atoms with E-state index in [-0.39, 0.29) is 0 Å². The Morgan fingerprint density at radius 1 is 1.11 bits per heavy atom. The Morgan fingerprint density at radius 3 is 2.44 bits per heavy atom. The summed E-state index contributed by atoms with van der Waals surface area (Å²) >= 11 is 6.33. The van der Waals surface area contributed by atoms with Crippen molar-refractivity contribution in [2.45, 2.75) is 13.0 Å². The van der Waals surface area contributed by atoms with Crippen LogP contribution in [0.4, 0.5) is 0 Å². The number of benzene rings is 2. The highest BCUT2D eigenvalue weighted by Crippen LogP contribution is 2.29. The molecule has 3 aromatic rings. The highest BCUT2D eigenvalue weighted by Gasteiger charge is 2.24. The van der Waals surface area contributed by atoms with Crippen LogP contribution in [0.2, 0.25) is 5.02 Å². The molecule has 138 valence electrons. The van der Waals surface area contributed by atoms with E-state index in [2.05, 4.69) is 15.2 Å². The van der Waals surface area contributed by atoms with Crippen LogP contribution in [-0.4, -0.2) is 34.8 Å². The van der Waals surface area contributed by atoms with Gasteiger partial charge in [-0.25, -0.2) is 9.48 Å². The molecule has 3 rings (SSSR count). The van der Waals surface area contributed by atoms with E-state index in [0.717, 1.165) is 5.56 Å². The number of carbonyl (C=O) groups excluding carboxylic acids is 2. The third kappa shape index (κ3) is 3.85. The number of carbonyl (C=O) groups is 2. The van der Waals surface area contributed by atoms with Gasteiger partial charge in [0.2, 0.25) is 0 Å². The number of methoxy groups -OCH3 is 1. The lowest BCUT2D eigenvalue weighted by Gasteiger charge is -2.13. The predicted molar refractivity (Wildman–Crippen MR) is 103 cm³/mol. The van der Waals surface area contributed by atoms with E-state index >= 15 is 0 Å². The van der Waals surface area contributed by atoms with Gasteiger partial charge in [0, 0.05) is 5.56 Å². The van der Waals surface area contributed by atoms with Crippen molar-refractivity contribution >= 4 is 23.5 Å². The smallest absolute Gasteiger partial charge is 0.328 e. The summed E-state index contributed by atoms with van der Waals surface area (Å²) in [7, 11) is 1.27. The molecule has 0 spiro atoms. The fourth-order valence-corrected chi connectivity index (χ4v) is 2.92. The minimum absolute atomic E-state index is 0.330. The zero-order chi connectivity index (χ0) is 19.4. The lowest BCUT2D eigenvalue weighted by atomic mass is 10.1. The second-order valence-electron chi connectivity index (χ2n) is 5.85. The van der Waals surface area contributed by atoms with Crippen LogP contribution < -0.4 is 5.32 Å². The van der Waals surface area contributed by atoms with Crippen LogP contribution in [0.1, 0.15) is 17.3 Å². The maximum atomic E-state index is 12.8. The van der Waals surface area contributed by atoms with Crippen LogP contribution in [0.5, 0.6) is 0 Å². The van der Waals surface area contributed by atoms with E-state index in [9.17, 15) is 9.59 Å². The molecular formula is C20H18ClN3O3. The summed E-state index contributed by atoms with van der Waals surface area (Å²) in [6.07, 6.45) is 1.46. The molecule has 1 N–H and O–H groups in total. The van der Waals surface area contributed by atoms with Gasteiger partial charge in [0.1, 0.15) is 6.04 Å². The largest absolute Gasteiger partial charge is 0.467 e. The molecule has 1 aromatic heterocycles. The van der Waals surface area contributed by atoms with Crippen molar-refractivity contribution in [2.24, 2.45) is 0 Å². The maximum Gasteiger partial charge on any atom is 0.328 e. The molecular weight excluding hydrogens is 366 g/mol. The van der Waals surface area contributed by atoms with E-state index in [1.165, 1.54) is 13.3 Å². The fourth-order valence-electron chi connectivity index (χ4n) is 2.70. The van der Waals surface area contributed by atoms with E-state index in [4.69, 9.17) is 11.6 Å². The Hall–Kier alpha value is -3.12. The summed E-state index contributed by atoms with van der Waals surface area (Å²) < 4.78 is 6.28. The zero-order valence-corrected chi connectivity index (χ0v) is 15.6. The van der Waals surface area contributed by atoms with Crippen LogP contribution in [0.3, 0.4) is 0 Å². The first-order chi connectivity index (χ1) is 13.0. The third-order valence-corrected chi connectivity index (χ3v) is 4.36. The number of halogens is 1. The molecule has 27 heavy (non-hydrogen) atoms. The van der Waals surface area contributed by atoms with E-state index < -0.39 is 17.9 Å². The number of ether oxygens (including phenoxy) is 1. The van der Waals surface area contributed by atoms with Crippen molar-refractivity contribution < 1.29 is 14.3 Å². The van der Waals surface area contributed by atoms with Crippen molar-refractivity contribution in [3.8, 4) is 16.9 Å². The highest BCUT2D eigenvalue weighted by atomic mass is 35.5. The Labute approximate surface area is 161 Å².